The number of ether oxygens (including phenoxy) is 1. The Bertz CT molecular complexity index is 116. The zero-order valence-electron chi connectivity index (χ0n) is 6.69. The third kappa shape index (κ3) is 1.73. The average Bonchev–Trinajstić information content (AvgIpc) is 2.33. The fourth-order valence-corrected chi connectivity index (χ4v) is 1.75. The molecule has 0 aromatic carbocycles. The Morgan fingerprint density at radius 3 is 2.70 bits per heavy atom. The highest BCUT2D eigenvalue weighted by Crippen LogP contribution is 2.35. The first-order chi connectivity index (χ1) is 4.70. The fraction of sp³-hybridized carbons (Fsp3) is 1.00. The second-order valence-corrected chi connectivity index (χ2v) is 4.10. The van der Waals surface area contributed by atoms with Gasteiger partial charge in [-0.1, -0.05) is 29.8 Å². The zero-order valence-corrected chi connectivity index (χ0v) is 8.28. The molecule has 0 bridgehead atoms. The van der Waals surface area contributed by atoms with Crippen LogP contribution in [0.2, 0.25) is 0 Å². The molecule has 0 spiro atoms. The summed E-state index contributed by atoms with van der Waals surface area (Å²) in [6, 6.07) is 0. The van der Waals surface area contributed by atoms with Gasteiger partial charge in [-0.3, -0.25) is 0 Å². The molecule has 0 N–H and O–H groups in total. The van der Waals surface area contributed by atoms with Crippen molar-refractivity contribution < 1.29 is 4.74 Å². The van der Waals surface area contributed by atoms with Gasteiger partial charge in [-0.2, -0.15) is 0 Å². The maximum absolute atomic E-state index is 5.56. The van der Waals surface area contributed by atoms with Crippen molar-refractivity contribution in [2.45, 2.75) is 32.8 Å². The van der Waals surface area contributed by atoms with Gasteiger partial charge in [-0.05, 0) is 18.3 Å². The van der Waals surface area contributed by atoms with Gasteiger partial charge in [-0.15, -0.1) is 0 Å². The van der Waals surface area contributed by atoms with Crippen molar-refractivity contribution in [1.82, 2.24) is 0 Å². The van der Waals surface area contributed by atoms with Gasteiger partial charge >= 0.3 is 0 Å². The predicted molar refractivity (Wildman–Crippen MR) is 46.5 cm³/mol. The maximum Gasteiger partial charge on any atom is 0.0678 e. The van der Waals surface area contributed by atoms with E-state index in [0.29, 0.717) is 11.5 Å². The minimum Gasteiger partial charge on any atom is -0.377 e. The maximum atomic E-state index is 5.56. The molecule has 1 saturated heterocycles. The van der Waals surface area contributed by atoms with Gasteiger partial charge in [0.15, 0.2) is 0 Å². The summed E-state index contributed by atoms with van der Waals surface area (Å²) in [6.45, 7) is 5.48. The molecule has 1 rings (SSSR count). The van der Waals surface area contributed by atoms with Gasteiger partial charge in [0.25, 0.3) is 0 Å². The van der Waals surface area contributed by atoms with E-state index in [0.717, 1.165) is 11.9 Å². The second kappa shape index (κ2) is 3.22. The highest BCUT2D eigenvalue weighted by Gasteiger charge is 2.33. The van der Waals surface area contributed by atoms with Crippen LogP contribution in [0.5, 0.6) is 0 Å². The summed E-state index contributed by atoms with van der Waals surface area (Å²) in [5.74, 6) is 0. The lowest BCUT2D eigenvalue weighted by Gasteiger charge is -2.18. The first-order valence-electron chi connectivity index (χ1n) is 3.88. The summed E-state index contributed by atoms with van der Waals surface area (Å²) in [5.41, 5.74) is 0.457. The standard InChI is InChI=1S/C8H15BrO/c1-3-8(2)4-7(5-9)10-6-8/h7H,3-6H2,1-2H3. The number of halogens is 1. The van der Waals surface area contributed by atoms with Crippen molar-refractivity contribution in [2.75, 3.05) is 11.9 Å². The van der Waals surface area contributed by atoms with E-state index in [1.54, 1.807) is 0 Å². The molecule has 2 atom stereocenters. The first kappa shape index (κ1) is 8.54. The summed E-state index contributed by atoms with van der Waals surface area (Å²) in [5, 5.41) is 0.989. The second-order valence-electron chi connectivity index (χ2n) is 3.46. The molecular weight excluding hydrogens is 192 g/mol. The van der Waals surface area contributed by atoms with E-state index in [-0.39, 0.29) is 0 Å². The van der Waals surface area contributed by atoms with Crippen molar-refractivity contribution in [1.29, 1.82) is 0 Å². The van der Waals surface area contributed by atoms with Crippen LogP contribution >= 0.6 is 15.9 Å². The quantitative estimate of drug-likeness (QED) is 0.632. The largest absolute Gasteiger partial charge is 0.377 e. The monoisotopic (exact) mass is 206 g/mol. The Morgan fingerprint density at radius 2 is 2.40 bits per heavy atom. The van der Waals surface area contributed by atoms with E-state index in [1.165, 1.54) is 12.8 Å². The van der Waals surface area contributed by atoms with Crippen molar-refractivity contribution in [3.8, 4) is 0 Å². The van der Waals surface area contributed by atoms with Crippen molar-refractivity contribution >= 4 is 15.9 Å². The van der Waals surface area contributed by atoms with Crippen molar-refractivity contribution in [3.63, 3.8) is 0 Å². The summed E-state index contributed by atoms with van der Waals surface area (Å²) in [4.78, 5) is 0. The number of rotatable bonds is 2. The fourth-order valence-electron chi connectivity index (χ4n) is 1.33. The molecule has 1 aliphatic rings. The molecule has 10 heavy (non-hydrogen) atoms. The Hall–Kier alpha value is 0.440. The Morgan fingerprint density at radius 1 is 1.70 bits per heavy atom. The Labute approximate surface area is 71.3 Å². The topological polar surface area (TPSA) is 9.23 Å². The first-order valence-corrected chi connectivity index (χ1v) is 5.00. The summed E-state index contributed by atoms with van der Waals surface area (Å²) < 4.78 is 5.56. The molecule has 2 heteroatoms. The molecule has 1 heterocycles. The molecular formula is C8H15BrO. The van der Waals surface area contributed by atoms with Crippen LogP contribution in [0.25, 0.3) is 0 Å². The minimum absolute atomic E-state index is 0.457. The number of hydrogen-bond acceptors (Lipinski definition) is 1. The van der Waals surface area contributed by atoms with E-state index < -0.39 is 0 Å². The highest BCUT2D eigenvalue weighted by molar-refractivity contribution is 9.09. The van der Waals surface area contributed by atoms with Gasteiger partial charge in [0, 0.05) is 5.33 Å². The van der Waals surface area contributed by atoms with Crippen LogP contribution in [0, 0.1) is 5.41 Å². The highest BCUT2D eigenvalue weighted by atomic mass is 79.9. The molecule has 0 aromatic heterocycles. The molecule has 1 nitrogen and oxygen atoms in total. The van der Waals surface area contributed by atoms with Crippen LogP contribution in [0.15, 0.2) is 0 Å². The summed E-state index contributed by atoms with van der Waals surface area (Å²) >= 11 is 3.43. The third-order valence-electron chi connectivity index (χ3n) is 2.41. The van der Waals surface area contributed by atoms with Crippen molar-refractivity contribution in [3.05, 3.63) is 0 Å². The predicted octanol–water partition coefficient (Wildman–Crippen LogP) is 2.59. The Balaban J connectivity index is 2.41. The van der Waals surface area contributed by atoms with E-state index >= 15 is 0 Å². The van der Waals surface area contributed by atoms with Crippen LogP contribution in [0.3, 0.4) is 0 Å². The Kier molecular flexibility index (Phi) is 2.75. The molecule has 2 unspecified atom stereocenters. The van der Waals surface area contributed by atoms with E-state index in [4.69, 9.17) is 4.74 Å². The van der Waals surface area contributed by atoms with Gasteiger partial charge in [-0.25, -0.2) is 0 Å². The van der Waals surface area contributed by atoms with E-state index in [2.05, 4.69) is 29.8 Å². The number of alkyl halides is 1. The lowest BCUT2D eigenvalue weighted by molar-refractivity contribution is 0.111. The normalized spacial score (nSPS) is 40.5. The SMILES string of the molecule is CCC1(C)COC(CBr)C1. The lowest BCUT2D eigenvalue weighted by Crippen LogP contribution is -2.14. The van der Waals surface area contributed by atoms with Gasteiger partial charge < -0.3 is 4.74 Å². The van der Waals surface area contributed by atoms with E-state index in [9.17, 15) is 0 Å². The zero-order chi connectivity index (χ0) is 7.61. The van der Waals surface area contributed by atoms with Gasteiger partial charge in [0.1, 0.15) is 0 Å². The molecule has 0 aliphatic carbocycles. The molecule has 0 radical (unpaired) electrons. The molecule has 0 aromatic rings. The molecule has 0 amide bonds. The van der Waals surface area contributed by atoms with Crippen LogP contribution in [-0.4, -0.2) is 18.0 Å². The van der Waals surface area contributed by atoms with Gasteiger partial charge in [0.05, 0.1) is 12.7 Å². The van der Waals surface area contributed by atoms with E-state index in [1.807, 2.05) is 0 Å². The third-order valence-corrected chi connectivity index (χ3v) is 3.14. The summed E-state index contributed by atoms with van der Waals surface area (Å²) in [7, 11) is 0. The van der Waals surface area contributed by atoms with Crippen LogP contribution in [0.4, 0.5) is 0 Å². The molecule has 1 fully saturated rings. The van der Waals surface area contributed by atoms with Crippen molar-refractivity contribution in [2.24, 2.45) is 5.41 Å². The average molecular weight is 207 g/mol. The van der Waals surface area contributed by atoms with Crippen LogP contribution in [0.1, 0.15) is 26.7 Å². The smallest absolute Gasteiger partial charge is 0.0678 e. The van der Waals surface area contributed by atoms with Crippen LogP contribution < -0.4 is 0 Å². The minimum atomic E-state index is 0.457. The van der Waals surface area contributed by atoms with Crippen LogP contribution in [-0.2, 0) is 4.74 Å². The summed E-state index contributed by atoms with van der Waals surface area (Å²) in [6.07, 6.45) is 2.91. The number of hydrogen-bond donors (Lipinski definition) is 0. The molecule has 60 valence electrons. The van der Waals surface area contributed by atoms with Gasteiger partial charge in [0.2, 0.25) is 0 Å². The molecule has 1 aliphatic heterocycles. The molecule has 0 saturated carbocycles. The lowest BCUT2D eigenvalue weighted by atomic mass is 9.85.